The minimum Gasteiger partial charge on any atom is -0.341 e. The molecule has 0 radical (unpaired) electrons. The lowest BCUT2D eigenvalue weighted by molar-refractivity contribution is -0.138. The first kappa shape index (κ1) is 21.8. The highest BCUT2D eigenvalue weighted by Crippen LogP contribution is 2.25. The number of hydrogen-bond acceptors (Lipinski definition) is 4. The summed E-state index contributed by atoms with van der Waals surface area (Å²) in [6.45, 7) is 3.36. The Morgan fingerprint density at radius 1 is 1.17 bits per heavy atom. The summed E-state index contributed by atoms with van der Waals surface area (Å²) in [5, 5.41) is 2.92. The molecule has 2 heterocycles. The molecule has 29 heavy (non-hydrogen) atoms. The SMILES string of the molecule is CCCC[C@H](C(=O)N1CCC[C@@H](C(=O)Nc2ccccc2)C1)N1CCCS1(=O)=O. The van der Waals surface area contributed by atoms with Gasteiger partial charge in [0.25, 0.3) is 0 Å². The van der Waals surface area contributed by atoms with Crippen molar-refractivity contribution in [1.29, 1.82) is 0 Å². The van der Waals surface area contributed by atoms with Crippen LogP contribution in [0.3, 0.4) is 0 Å². The number of nitrogens with zero attached hydrogens (tertiary/aromatic N) is 2. The van der Waals surface area contributed by atoms with Crippen molar-refractivity contribution in [3.05, 3.63) is 30.3 Å². The summed E-state index contributed by atoms with van der Waals surface area (Å²) in [5.74, 6) is -0.408. The van der Waals surface area contributed by atoms with Crippen molar-refractivity contribution in [2.45, 2.75) is 51.5 Å². The molecule has 0 aromatic heterocycles. The van der Waals surface area contributed by atoms with Crippen molar-refractivity contribution in [3.8, 4) is 0 Å². The van der Waals surface area contributed by atoms with Crippen molar-refractivity contribution in [2.24, 2.45) is 5.92 Å². The molecule has 2 aliphatic rings. The van der Waals surface area contributed by atoms with Crippen LogP contribution in [0.25, 0.3) is 0 Å². The Bertz CT molecular complexity index is 812. The molecule has 3 rings (SSSR count). The molecule has 2 atom stereocenters. The van der Waals surface area contributed by atoms with Crippen LogP contribution in [0, 0.1) is 5.92 Å². The van der Waals surface area contributed by atoms with E-state index in [1.165, 1.54) is 4.31 Å². The van der Waals surface area contributed by atoms with Crippen LogP contribution in [0.5, 0.6) is 0 Å². The van der Waals surface area contributed by atoms with Crippen molar-refractivity contribution in [1.82, 2.24) is 9.21 Å². The molecular weight excluding hydrogens is 390 g/mol. The first-order valence-corrected chi connectivity index (χ1v) is 12.2. The van der Waals surface area contributed by atoms with Gasteiger partial charge in [0.2, 0.25) is 21.8 Å². The highest BCUT2D eigenvalue weighted by Gasteiger charge is 2.40. The van der Waals surface area contributed by atoms with E-state index in [0.29, 0.717) is 32.5 Å². The van der Waals surface area contributed by atoms with E-state index < -0.39 is 16.1 Å². The summed E-state index contributed by atoms with van der Waals surface area (Å²) in [6, 6.07) is 8.64. The van der Waals surface area contributed by atoms with Gasteiger partial charge in [-0.25, -0.2) is 8.42 Å². The number of carbonyl (C=O) groups excluding carboxylic acids is 2. The predicted molar refractivity (Wildman–Crippen MR) is 113 cm³/mol. The summed E-state index contributed by atoms with van der Waals surface area (Å²) < 4.78 is 26.2. The van der Waals surface area contributed by atoms with Crippen LogP contribution in [0.4, 0.5) is 5.69 Å². The number of nitrogens with one attached hydrogen (secondary N) is 1. The first-order valence-electron chi connectivity index (χ1n) is 10.6. The zero-order valence-corrected chi connectivity index (χ0v) is 17.9. The number of piperidine rings is 1. The molecular formula is C21H31N3O4S. The number of sulfonamides is 1. The third-order valence-corrected chi connectivity index (χ3v) is 7.70. The Balaban J connectivity index is 1.68. The fourth-order valence-corrected chi connectivity index (χ4v) is 5.88. The van der Waals surface area contributed by atoms with Gasteiger partial charge in [-0.3, -0.25) is 9.59 Å². The zero-order valence-electron chi connectivity index (χ0n) is 17.0. The van der Waals surface area contributed by atoms with E-state index in [-0.39, 0.29) is 23.5 Å². The summed E-state index contributed by atoms with van der Waals surface area (Å²) in [7, 11) is -3.36. The predicted octanol–water partition coefficient (Wildman–Crippen LogP) is 2.46. The lowest BCUT2D eigenvalue weighted by Crippen LogP contribution is -2.52. The second kappa shape index (κ2) is 9.71. The molecule has 2 saturated heterocycles. The molecule has 1 aromatic rings. The molecule has 2 fully saturated rings. The quantitative estimate of drug-likeness (QED) is 0.733. The minimum atomic E-state index is -3.36. The molecule has 1 N–H and O–H groups in total. The van der Waals surface area contributed by atoms with Crippen LogP contribution in [-0.4, -0.2) is 60.9 Å². The van der Waals surface area contributed by atoms with E-state index in [2.05, 4.69) is 5.32 Å². The lowest BCUT2D eigenvalue weighted by Gasteiger charge is -2.36. The summed E-state index contributed by atoms with van der Waals surface area (Å²) in [4.78, 5) is 27.7. The van der Waals surface area contributed by atoms with E-state index >= 15 is 0 Å². The van der Waals surface area contributed by atoms with Gasteiger partial charge in [0, 0.05) is 25.3 Å². The van der Waals surface area contributed by atoms with Crippen molar-refractivity contribution in [2.75, 3.05) is 30.7 Å². The largest absolute Gasteiger partial charge is 0.341 e. The van der Waals surface area contributed by atoms with E-state index in [4.69, 9.17) is 0 Å². The maximum Gasteiger partial charge on any atom is 0.241 e. The van der Waals surface area contributed by atoms with E-state index in [9.17, 15) is 18.0 Å². The number of rotatable bonds is 7. The minimum absolute atomic E-state index is 0.0902. The van der Waals surface area contributed by atoms with E-state index in [1.54, 1.807) is 4.90 Å². The van der Waals surface area contributed by atoms with Gasteiger partial charge in [-0.15, -0.1) is 0 Å². The average Bonchev–Trinajstić information content (AvgIpc) is 3.08. The molecule has 2 amide bonds. The maximum absolute atomic E-state index is 13.3. The maximum atomic E-state index is 13.3. The normalized spacial score (nSPS) is 22.9. The monoisotopic (exact) mass is 421 g/mol. The van der Waals surface area contributed by atoms with Gasteiger partial charge in [0.1, 0.15) is 6.04 Å². The van der Waals surface area contributed by atoms with Gasteiger partial charge in [0.15, 0.2) is 0 Å². The number of unbranched alkanes of at least 4 members (excludes halogenated alkanes) is 1. The van der Waals surface area contributed by atoms with Crippen molar-refractivity contribution in [3.63, 3.8) is 0 Å². The molecule has 8 heteroatoms. The molecule has 0 unspecified atom stereocenters. The Hall–Kier alpha value is -1.93. The molecule has 0 saturated carbocycles. The Labute approximate surface area is 173 Å². The van der Waals surface area contributed by atoms with Gasteiger partial charge in [-0.05, 0) is 37.8 Å². The average molecular weight is 422 g/mol. The number of hydrogen-bond donors (Lipinski definition) is 1. The molecule has 0 bridgehead atoms. The molecule has 1 aromatic carbocycles. The summed E-state index contributed by atoms with van der Waals surface area (Å²) in [5.41, 5.74) is 0.741. The molecule has 0 aliphatic carbocycles. The van der Waals surface area contributed by atoms with Crippen LogP contribution in [0.15, 0.2) is 30.3 Å². The molecule has 7 nitrogen and oxygen atoms in total. The smallest absolute Gasteiger partial charge is 0.241 e. The fourth-order valence-electron chi connectivity index (χ4n) is 4.16. The standard InChI is InChI=1S/C21H31N3O4S/c1-2-3-12-19(24-14-8-15-29(24,27)28)21(26)23-13-7-9-17(16-23)20(25)22-18-10-5-4-6-11-18/h4-6,10-11,17,19H,2-3,7-9,12-16H2,1H3,(H,22,25)/t17-,19-/m1/s1. The van der Waals surface area contributed by atoms with Crippen LogP contribution in [0.1, 0.15) is 45.4 Å². The number of carbonyl (C=O) groups is 2. The third kappa shape index (κ3) is 5.36. The second-order valence-electron chi connectivity index (χ2n) is 7.92. The lowest BCUT2D eigenvalue weighted by atomic mass is 9.95. The molecule has 2 aliphatic heterocycles. The van der Waals surface area contributed by atoms with E-state index in [1.807, 2.05) is 37.3 Å². The Morgan fingerprint density at radius 3 is 2.59 bits per heavy atom. The van der Waals surface area contributed by atoms with Gasteiger partial charge in [-0.2, -0.15) is 4.31 Å². The number of anilines is 1. The van der Waals surface area contributed by atoms with Crippen LogP contribution in [-0.2, 0) is 19.6 Å². The van der Waals surface area contributed by atoms with E-state index in [0.717, 1.165) is 31.4 Å². The third-order valence-electron chi connectivity index (χ3n) is 5.75. The highest BCUT2D eigenvalue weighted by molar-refractivity contribution is 7.89. The van der Waals surface area contributed by atoms with Gasteiger partial charge < -0.3 is 10.2 Å². The first-order chi connectivity index (χ1) is 13.9. The number of likely N-dealkylation sites (tertiary alicyclic amines) is 1. The topological polar surface area (TPSA) is 86.8 Å². The van der Waals surface area contributed by atoms with Gasteiger partial charge in [0.05, 0.1) is 11.7 Å². The van der Waals surface area contributed by atoms with Gasteiger partial charge >= 0.3 is 0 Å². The van der Waals surface area contributed by atoms with Crippen molar-refractivity contribution < 1.29 is 18.0 Å². The Morgan fingerprint density at radius 2 is 1.93 bits per heavy atom. The number of benzene rings is 1. The number of amides is 2. The van der Waals surface area contributed by atoms with Gasteiger partial charge in [-0.1, -0.05) is 38.0 Å². The van der Waals surface area contributed by atoms with Crippen LogP contribution < -0.4 is 5.32 Å². The number of para-hydroxylation sites is 1. The van der Waals surface area contributed by atoms with Crippen LogP contribution in [0.2, 0.25) is 0 Å². The summed E-state index contributed by atoms with van der Waals surface area (Å²) >= 11 is 0. The van der Waals surface area contributed by atoms with Crippen molar-refractivity contribution >= 4 is 27.5 Å². The summed E-state index contributed by atoms with van der Waals surface area (Å²) in [6.07, 6.45) is 4.27. The molecule has 160 valence electrons. The second-order valence-corrected chi connectivity index (χ2v) is 9.96. The fraction of sp³-hybridized carbons (Fsp3) is 0.619. The zero-order chi connectivity index (χ0) is 20.9. The highest BCUT2D eigenvalue weighted by atomic mass is 32.2. The van der Waals surface area contributed by atoms with Crippen LogP contribution >= 0.6 is 0 Å². The molecule has 0 spiro atoms. The Kier molecular flexibility index (Phi) is 7.29.